The monoisotopic (exact) mass is 256 g/mol. The molecule has 18 heavy (non-hydrogen) atoms. The Balaban J connectivity index is 1.80. The molecule has 0 saturated carbocycles. The molecule has 3 unspecified atom stereocenters. The van der Waals surface area contributed by atoms with Gasteiger partial charge in [-0.1, -0.05) is 6.92 Å². The zero-order valence-corrected chi connectivity index (χ0v) is 11.3. The van der Waals surface area contributed by atoms with Gasteiger partial charge in [-0.15, -0.1) is 0 Å². The Kier molecular flexibility index (Phi) is 4.59. The minimum atomic E-state index is -0.209. The van der Waals surface area contributed by atoms with E-state index in [0.717, 1.165) is 19.5 Å². The molecule has 2 rings (SSSR count). The highest BCUT2D eigenvalue weighted by Gasteiger charge is 2.28. The molecule has 0 aromatic heterocycles. The van der Waals surface area contributed by atoms with Crippen molar-refractivity contribution in [1.82, 2.24) is 9.80 Å². The number of hydrogen-bond acceptors (Lipinski definition) is 4. The van der Waals surface area contributed by atoms with Crippen LogP contribution in [0.3, 0.4) is 0 Å². The molecule has 2 fully saturated rings. The summed E-state index contributed by atoms with van der Waals surface area (Å²) in [6.07, 6.45) is 0.707. The molecular formula is C13H24N2O3. The van der Waals surface area contributed by atoms with Crippen LogP contribution in [0.1, 0.15) is 20.3 Å². The van der Waals surface area contributed by atoms with Gasteiger partial charge in [-0.2, -0.15) is 0 Å². The van der Waals surface area contributed by atoms with E-state index in [0.29, 0.717) is 26.2 Å². The van der Waals surface area contributed by atoms with Gasteiger partial charge in [0, 0.05) is 26.2 Å². The quantitative estimate of drug-likeness (QED) is 0.752. The van der Waals surface area contributed by atoms with Crippen molar-refractivity contribution in [3.63, 3.8) is 0 Å². The number of hydrogen-bond donors (Lipinski definition) is 1. The minimum absolute atomic E-state index is 0.143. The molecule has 1 N–H and O–H groups in total. The zero-order chi connectivity index (χ0) is 13.1. The van der Waals surface area contributed by atoms with Gasteiger partial charge in [0.2, 0.25) is 5.91 Å². The summed E-state index contributed by atoms with van der Waals surface area (Å²) in [4.78, 5) is 16.2. The number of nitrogens with zero attached hydrogens (tertiary/aromatic N) is 2. The van der Waals surface area contributed by atoms with Gasteiger partial charge >= 0.3 is 0 Å². The summed E-state index contributed by atoms with van der Waals surface area (Å²) in [6.45, 7) is 8.19. The SMILES string of the molecule is CC1CN(C(=O)CN2CCC(O)C(C)C2)CCO1. The molecule has 2 saturated heterocycles. The first-order valence-corrected chi connectivity index (χ1v) is 6.86. The maximum Gasteiger partial charge on any atom is 0.236 e. The topological polar surface area (TPSA) is 53.0 Å². The summed E-state index contributed by atoms with van der Waals surface area (Å²) in [5.41, 5.74) is 0. The molecular weight excluding hydrogens is 232 g/mol. The van der Waals surface area contributed by atoms with Crippen LogP contribution in [-0.2, 0) is 9.53 Å². The fourth-order valence-electron chi connectivity index (χ4n) is 2.70. The van der Waals surface area contributed by atoms with Crippen LogP contribution in [0.5, 0.6) is 0 Å². The maximum absolute atomic E-state index is 12.2. The van der Waals surface area contributed by atoms with Crippen LogP contribution in [0.25, 0.3) is 0 Å². The number of carbonyl (C=O) groups excluding carboxylic acids is 1. The highest BCUT2D eigenvalue weighted by Crippen LogP contribution is 2.16. The first kappa shape index (κ1) is 13.8. The summed E-state index contributed by atoms with van der Waals surface area (Å²) in [6, 6.07) is 0. The fraction of sp³-hybridized carbons (Fsp3) is 0.923. The lowest BCUT2D eigenvalue weighted by Crippen LogP contribution is -2.51. The molecule has 2 heterocycles. The third kappa shape index (κ3) is 3.43. The fourth-order valence-corrected chi connectivity index (χ4v) is 2.70. The van der Waals surface area contributed by atoms with E-state index in [1.165, 1.54) is 0 Å². The molecule has 0 spiro atoms. The predicted molar refractivity (Wildman–Crippen MR) is 68.2 cm³/mol. The molecule has 3 atom stereocenters. The second-order valence-electron chi connectivity index (χ2n) is 5.59. The van der Waals surface area contributed by atoms with Crippen LogP contribution in [-0.4, -0.2) is 72.4 Å². The maximum atomic E-state index is 12.2. The number of ether oxygens (including phenoxy) is 1. The molecule has 104 valence electrons. The average Bonchev–Trinajstić information content (AvgIpc) is 2.34. The number of rotatable bonds is 2. The number of aliphatic hydroxyl groups is 1. The standard InChI is InChI=1S/C13H24N2O3/c1-10-7-14(4-3-12(10)16)9-13(17)15-5-6-18-11(2)8-15/h10-12,16H,3-9H2,1-2H3. The summed E-state index contributed by atoms with van der Waals surface area (Å²) in [5.74, 6) is 0.448. The third-order valence-corrected chi connectivity index (χ3v) is 3.90. The normalized spacial score (nSPS) is 34.6. The van der Waals surface area contributed by atoms with E-state index in [-0.39, 0.29) is 24.0 Å². The van der Waals surface area contributed by atoms with Crippen molar-refractivity contribution in [2.45, 2.75) is 32.5 Å². The van der Waals surface area contributed by atoms with E-state index in [1.807, 2.05) is 18.7 Å². The van der Waals surface area contributed by atoms with E-state index in [9.17, 15) is 9.90 Å². The molecule has 0 aliphatic carbocycles. The Morgan fingerprint density at radius 1 is 1.33 bits per heavy atom. The molecule has 0 bridgehead atoms. The van der Waals surface area contributed by atoms with Crippen LogP contribution in [0, 0.1) is 5.92 Å². The van der Waals surface area contributed by atoms with E-state index < -0.39 is 0 Å². The predicted octanol–water partition coefficient (Wildman–Crippen LogP) is -0.0636. The number of amides is 1. The van der Waals surface area contributed by atoms with Gasteiger partial charge in [0.25, 0.3) is 0 Å². The highest BCUT2D eigenvalue weighted by atomic mass is 16.5. The molecule has 0 aromatic carbocycles. The Bertz CT molecular complexity index is 298. The van der Waals surface area contributed by atoms with Crippen molar-refractivity contribution in [2.24, 2.45) is 5.92 Å². The largest absolute Gasteiger partial charge is 0.393 e. The Morgan fingerprint density at radius 2 is 2.11 bits per heavy atom. The second kappa shape index (κ2) is 5.99. The first-order valence-electron chi connectivity index (χ1n) is 6.86. The van der Waals surface area contributed by atoms with Crippen LogP contribution < -0.4 is 0 Å². The second-order valence-corrected chi connectivity index (χ2v) is 5.59. The molecule has 1 amide bonds. The summed E-state index contributed by atoms with van der Waals surface area (Å²) >= 11 is 0. The Morgan fingerprint density at radius 3 is 2.78 bits per heavy atom. The van der Waals surface area contributed by atoms with Gasteiger partial charge in [0.05, 0.1) is 25.4 Å². The summed E-state index contributed by atoms with van der Waals surface area (Å²) in [7, 11) is 0. The molecule has 2 aliphatic heterocycles. The number of carbonyl (C=O) groups is 1. The molecule has 2 aliphatic rings. The van der Waals surface area contributed by atoms with Gasteiger partial charge in [-0.25, -0.2) is 0 Å². The van der Waals surface area contributed by atoms with Gasteiger partial charge in [0.15, 0.2) is 0 Å². The molecule has 0 aromatic rings. The van der Waals surface area contributed by atoms with Crippen molar-refractivity contribution in [1.29, 1.82) is 0 Å². The van der Waals surface area contributed by atoms with Crippen molar-refractivity contribution >= 4 is 5.91 Å². The molecule has 0 radical (unpaired) electrons. The van der Waals surface area contributed by atoms with Crippen molar-refractivity contribution in [2.75, 3.05) is 39.3 Å². The van der Waals surface area contributed by atoms with E-state index in [4.69, 9.17) is 4.74 Å². The molecule has 5 nitrogen and oxygen atoms in total. The van der Waals surface area contributed by atoms with Crippen molar-refractivity contribution in [3.05, 3.63) is 0 Å². The minimum Gasteiger partial charge on any atom is -0.393 e. The highest BCUT2D eigenvalue weighted by molar-refractivity contribution is 5.78. The summed E-state index contributed by atoms with van der Waals surface area (Å²) in [5, 5.41) is 9.67. The Hall–Kier alpha value is -0.650. The van der Waals surface area contributed by atoms with Crippen molar-refractivity contribution in [3.8, 4) is 0 Å². The molecule has 5 heteroatoms. The third-order valence-electron chi connectivity index (χ3n) is 3.90. The lowest BCUT2D eigenvalue weighted by atomic mass is 9.97. The van der Waals surface area contributed by atoms with Crippen molar-refractivity contribution < 1.29 is 14.6 Å². The zero-order valence-electron chi connectivity index (χ0n) is 11.3. The van der Waals surface area contributed by atoms with E-state index in [2.05, 4.69) is 4.90 Å². The Labute approximate surface area is 109 Å². The van der Waals surface area contributed by atoms with Crippen LogP contribution in [0.4, 0.5) is 0 Å². The van der Waals surface area contributed by atoms with E-state index >= 15 is 0 Å². The average molecular weight is 256 g/mol. The number of likely N-dealkylation sites (tertiary alicyclic amines) is 1. The summed E-state index contributed by atoms with van der Waals surface area (Å²) < 4.78 is 5.44. The van der Waals surface area contributed by atoms with Crippen LogP contribution >= 0.6 is 0 Å². The lowest BCUT2D eigenvalue weighted by molar-refractivity contribution is -0.140. The van der Waals surface area contributed by atoms with Gasteiger partial charge in [-0.3, -0.25) is 9.69 Å². The number of piperidine rings is 1. The van der Waals surface area contributed by atoms with E-state index in [1.54, 1.807) is 0 Å². The van der Waals surface area contributed by atoms with Gasteiger partial charge in [-0.05, 0) is 19.3 Å². The van der Waals surface area contributed by atoms with Gasteiger partial charge in [0.1, 0.15) is 0 Å². The van der Waals surface area contributed by atoms with Crippen LogP contribution in [0.15, 0.2) is 0 Å². The number of aliphatic hydroxyl groups excluding tert-OH is 1. The smallest absolute Gasteiger partial charge is 0.236 e. The lowest BCUT2D eigenvalue weighted by Gasteiger charge is -2.36. The van der Waals surface area contributed by atoms with Gasteiger partial charge < -0.3 is 14.7 Å². The first-order chi connectivity index (χ1) is 8.56. The number of morpholine rings is 1. The van der Waals surface area contributed by atoms with Crippen LogP contribution in [0.2, 0.25) is 0 Å².